The van der Waals surface area contributed by atoms with Crippen LogP contribution >= 0.6 is 0 Å². The molecule has 0 fully saturated rings. The minimum atomic E-state index is 0.178. The van der Waals surface area contributed by atoms with Gasteiger partial charge in [-0.05, 0) is 48.6 Å². The van der Waals surface area contributed by atoms with Gasteiger partial charge in [0.15, 0.2) is 0 Å². The number of aryl methyl sites for hydroxylation is 2. The average Bonchev–Trinajstić information content (AvgIpc) is 3.03. The SMILES string of the molecule is N#Cc1ccc2c(c1)COC(N)=N2.c1ccc2c(c1)CCC2. The Bertz CT molecular complexity index is 736. The highest BCUT2D eigenvalue weighted by atomic mass is 16.5. The van der Waals surface area contributed by atoms with Crippen molar-refractivity contribution < 1.29 is 4.74 Å². The van der Waals surface area contributed by atoms with E-state index >= 15 is 0 Å². The molecule has 2 aromatic rings. The van der Waals surface area contributed by atoms with Gasteiger partial charge in [-0.2, -0.15) is 10.3 Å². The second kappa shape index (κ2) is 6.31. The zero-order valence-electron chi connectivity index (χ0n) is 12.2. The van der Waals surface area contributed by atoms with E-state index in [0.29, 0.717) is 12.2 Å². The van der Waals surface area contributed by atoms with E-state index < -0.39 is 0 Å². The molecule has 1 aliphatic carbocycles. The summed E-state index contributed by atoms with van der Waals surface area (Å²) >= 11 is 0. The predicted octanol–water partition coefficient (Wildman–Crippen LogP) is 3.21. The third-order valence-electron chi connectivity index (χ3n) is 3.83. The third kappa shape index (κ3) is 3.09. The molecule has 2 aliphatic rings. The van der Waals surface area contributed by atoms with Crippen LogP contribution in [-0.2, 0) is 24.2 Å². The number of rotatable bonds is 0. The molecule has 4 heteroatoms. The van der Waals surface area contributed by atoms with Crippen molar-refractivity contribution in [1.29, 1.82) is 5.26 Å². The maximum absolute atomic E-state index is 8.64. The van der Waals surface area contributed by atoms with Gasteiger partial charge in [-0.3, -0.25) is 0 Å². The largest absolute Gasteiger partial charge is 0.460 e. The minimum Gasteiger partial charge on any atom is -0.460 e. The van der Waals surface area contributed by atoms with Gasteiger partial charge in [0.05, 0.1) is 17.3 Å². The summed E-state index contributed by atoms with van der Waals surface area (Å²) in [6, 6.07) is 16.2. The highest BCUT2D eigenvalue weighted by molar-refractivity contribution is 5.77. The highest BCUT2D eigenvalue weighted by Gasteiger charge is 2.10. The first-order chi connectivity index (χ1) is 10.8. The molecule has 110 valence electrons. The fraction of sp³-hybridized carbons (Fsp3) is 0.222. The zero-order chi connectivity index (χ0) is 15.4. The Morgan fingerprint density at radius 1 is 1.05 bits per heavy atom. The fourth-order valence-corrected chi connectivity index (χ4v) is 2.70. The first kappa shape index (κ1) is 14.2. The van der Waals surface area contributed by atoms with Gasteiger partial charge in [-0.25, -0.2) is 0 Å². The lowest BCUT2D eigenvalue weighted by molar-refractivity contribution is 0.282. The monoisotopic (exact) mass is 291 g/mol. The van der Waals surface area contributed by atoms with Crippen molar-refractivity contribution in [2.45, 2.75) is 25.9 Å². The van der Waals surface area contributed by atoms with Gasteiger partial charge in [0.2, 0.25) is 0 Å². The number of fused-ring (bicyclic) bond motifs is 2. The summed E-state index contributed by atoms with van der Waals surface area (Å²) in [6.07, 6.45) is 3.96. The van der Waals surface area contributed by atoms with Crippen LogP contribution < -0.4 is 5.73 Å². The number of nitriles is 1. The van der Waals surface area contributed by atoms with E-state index in [9.17, 15) is 0 Å². The molecule has 0 unspecified atom stereocenters. The van der Waals surface area contributed by atoms with E-state index in [1.54, 1.807) is 29.3 Å². The minimum absolute atomic E-state index is 0.178. The van der Waals surface area contributed by atoms with E-state index in [-0.39, 0.29) is 6.02 Å². The molecule has 0 amide bonds. The maximum atomic E-state index is 8.64. The Balaban J connectivity index is 0.000000139. The van der Waals surface area contributed by atoms with Gasteiger partial charge in [-0.15, -0.1) is 0 Å². The lowest BCUT2D eigenvalue weighted by atomic mass is 10.1. The normalized spacial score (nSPS) is 14.4. The maximum Gasteiger partial charge on any atom is 0.287 e. The van der Waals surface area contributed by atoms with Crippen LogP contribution in [0.15, 0.2) is 47.5 Å². The molecule has 1 heterocycles. The van der Waals surface area contributed by atoms with Crippen LogP contribution in [0.3, 0.4) is 0 Å². The second-order valence-electron chi connectivity index (χ2n) is 5.32. The van der Waals surface area contributed by atoms with Gasteiger partial charge in [0.25, 0.3) is 6.02 Å². The van der Waals surface area contributed by atoms with Crippen molar-refractivity contribution in [1.82, 2.24) is 0 Å². The molecule has 0 bridgehead atoms. The van der Waals surface area contributed by atoms with E-state index in [0.717, 1.165) is 11.3 Å². The van der Waals surface area contributed by atoms with E-state index in [1.165, 1.54) is 19.3 Å². The number of aliphatic imine (C=N–C) groups is 1. The molecule has 4 rings (SSSR count). The van der Waals surface area contributed by atoms with E-state index in [1.807, 2.05) is 0 Å². The van der Waals surface area contributed by atoms with Crippen LogP contribution in [0.5, 0.6) is 0 Å². The van der Waals surface area contributed by atoms with E-state index in [4.69, 9.17) is 15.7 Å². The summed E-state index contributed by atoms with van der Waals surface area (Å²) in [5.41, 5.74) is 10.8. The number of benzene rings is 2. The summed E-state index contributed by atoms with van der Waals surface area (Å²) in [5, 5.41) is 8.64. The molecule has 0 spiro atoms. The Morgan fingerprint density at radius 3 is 2.45 bits per heavy atom. The average molecular weight is 291 g/mol. The standard InChI is InChI=1S/C9H7N3O.C9H10/c10-4-6-1-2-8-7(3-6)5-13-9(11)12-8;1-2-5-9-7-3-6-8(9)4-1/h1-3H,5H2,(H2,11,12);1-2,4-5H,3,6-7H2. The third-order valence-corrected chi connectivity index (χ3v) is 3.83. The lowest BCUT2D eigenvalue weighted by Gasteiger charge is -2.13. The Morgan fingerprint density at radius 2 is 1.77 bits per heavy atom. The van der Waals surface area contributed by atoms with Crippen molar-refractivity contribution >= 4 is 11.7 Å². The summed E-state index contributed by atoms with van der Waals surface area (Å²) in [6.45, 7) is 0.389. The van der Waals surface area contributed by atoms with Crippen molar-refractivity contribution in [3.8, 4) is 6.07 Å². The molecule has 0 radical (unpaired) electrons. The summed E-state index contributed by atoms with van der Waals surface area (Å²) < 4.78 is 5.02. The Labute approximate surface area is 129 Å². The number of hydrogen-bond donors (Lipinski definition) is 1. The number of hydrogen-bond acceptors (Lipinski definition) is 4. The first-order valence-corrected chi connectivity index (χ1v) is 7.33. The van der Waals surface area contributed by atoms with Crippen LogP contribution in [0, 0.1) is 11.3 Å². The quantitative estimate of drug-likeness (QED) is 0.810. The van der Waals surface area contributed by atoms with Crippen molar-refractivity contribution in [2.24, 2.45) is 10.7 Å². The van der Waals surface area contributed by atoms with Crippen molar-refractivity contribution in [2.75, 3.05) is 0 Å². The fourth-order valence-electron chi connectivity index (χ4n) is 2.70. The van der Waals surface area contributed by atoms with Crippen molar-refractivity contribution in [3.63, 3.8) is 0 Å². The topological polar surface area (TPSA) is 71.4 Å². The Hall–Kier alpha value is -2.80. The van der Waals surface area contributed by atoms with Gasteiger partial charge in [0, 0.05) is 5.56 Å². The molecule has 2 N–H and O–H groups in total. The molecule has 0 atom stereocenters. The van der Waals surface area contributed by atoms with Crippen LogP contribution in [0.1, 0.15) is 28.7 Å². The van der Waals surface area contributed by atoms with Gasteiger partial charge < -0.3 is 10.5 Å². The molecule has 1 aliphatic heterocycles. The van der Waals surface area contributed by atoms with Gasteiger partial charge >= 0.3 is 0 Å². The second-order valence-corrected chi connectivity index (χ2v) is 5.32. The first-order valence-electron chi connectivity index (χ1n) is 7.33. The van der Waals surface area contributed by atoms with Crippen LogP contribution in [-0.4, -0.2) is 6.02 Å². The number of nitrogens with two attached hydrogens (primary N) is 1. The zero-order valence-corrected chi connectivity index (χ0v) is 12.2. The van der Waals surface area contributed by atoms with Crippen molar-refractivity contribution in [3.05, 3.63) is 64.7 Å². The molecule has 2 aromatic carbocycles. The van der Waals surface area contributed by atoms with Crippen LogP contribution in [0.2, 0.25) is 0 Å². The van der Waals surface area contributed by atoms with Gasteiger partial charge in [0.1, 0.15) is 6.61 Å². The van der Waals surface area contributed by atoms with Gasteiger partial charge in [-0.1, -0.05) is 24.3 Å². The number of nitrogens with zero attached hydrogens (tertiary/aromatic N) is 2. The molecule has 0 aromatic heterocycles. The molecule has 0 saturated carbocycles. The molecular formula is C18H17N3O. The molecule has 22 heavy (non-hydrogen) atoms. The van der Waals surface area contributed by atoms with E-state index in [2.05, 4.69) is 35.3 Å². The smallest absolute Gasteiger partial charge is 0.287 e. The molecule has 4 nitrogen and oxygen atoms in total. The Kier molecular flexibility index (Phi) is 4.06. The van der Waals surface area contributed by atoms with Crippen LogP contribution in [0.4, 0.5) is 5.69 Å². The molecule has 0 saturated heterocycles. The predicted molar refractivity (Wildman–Crippen MR) is 85.7 cm³/mol. The molecular weight excluding hydrogens is 274 g/mol. The summed E-state index contributed by atoms with van der Waals surface area (Å²) in [5.74, 6) is 0. The lowest BCUT2D eigenvalue weighted by Crippen LogP contribution is -2.18. The summed E-state index contributed by atoms with van der Waals surface area (Å²) in [7, 11) is 0. The summed E-state index contributed by atoms with van der Waals surface area (Å²) in [4.78, 5) is 3.98. The van der Waals surface area contributed by atoms with Crippen LogP contribution in [0.25, 0.3) is 0 Å². The number of amidine groups is 1. The highest BCUT2D eigenvalue weighted by Crippen LogP contribution is 2.24. The number of ether oxygens (including phenoxy) is 1.